The van der Waals surface area contributed by atoms with Gasteiger partial charge in [-0.2, -0.15) is 0 Å². The van der Waals surface area contributed by atoms with Crippen molar-refractivity contribution in [2.75, 3.05) is 5.33 Å². The van der Waals surface area contributed by atoms with Gasteiger partial charge in [-0.05, 0) is 20.8 Å². The second kappa shape index (κ2) is 4.14. The van der Waals surface area contributed by atoms with Gasteiger partial charge in [0.25, 0.3) is 6.47 Å². The maximum absolute atomic E-state index is 12.7. The number of hydrogen-bond acceptors (Lipinski definition) is 6. The SMILES string of the molecule is CC1(CBr)OC23C[C@H]4O[C@]45C(=O)OC(C(OC=O)C1C2(C)I)C35C. The molecule has 2 spiro atoms. The van der Waals surface area contributed by atoms with Gasteiger partial charge in [-0.15, -0.1) is 0 Å². The van der Waals surface area contributed by atoms with Crippen LogP contribution in [0.5, 0.6) is 0 Å². The van der Waals surface area contributed by atoms with Gasteiger partial charge >= 0.3 is 5.97 Å². The molecule has 5 rings (SSSR count). The van der Waals surface area contributed by atoms with Crippen LogP contribution in [0.25, 0.3) is 0 Å². The van der Waals surface area contributed by atoms with E-state index in [1.165, 1.54) is 0 Å². The lowest BCUT2D eigenvalue weighted by Crippen LogP contribution is -2.71. The van der Waals surface area contributed by atoms with Gasteiger partial charge in [0, 0.05) is 17.7 Å². The smallest absolute Gasteiger partial charge is 0.342 e. The molecule has 6 nitrogen and oxygen atoms in total. The lowest BCUT2D eigenvalue weighted by molar-refractivity contribution is -0.195. The molecule has 0 aromatic rings. The molecule has 2 bridgehead atoms. The summed E-state index contributed by atoms with van der Waals surface area (Å²) in [5.41, 5.74) is -2.71. The van der Waals surface area contributed by atoms with E-state index in [9.17, 15) is 9.59 Å². The van der Waals surface area contributed by atoms with Crippen LogP contribution in [0.2, 0.25) is 0 Å². The average molecular weight is 513 g/mol. The molecule has 5 fully saturated rings. The van der Waals surface area contributed by atoms with Crippen molar-refractivity contribution < 1.29 is 28.5 Å². The van der Waals surface area contributed by atoms with E-state index in [1.54, 1.807) is 0 Å². The molecular weight excluding hydrogens is 495 g/mol. The molecule has 5 aliphatic rings. The van der Waals surface area contributed by atoms with Gasteiger partial charge < -0.3 is 18.9 Å². The van der Waals surface area contributed by atoms with Crippen LogP contribution >= 0.6 is 38.5 Å². The molecule has 0 amide bonds. The molecule has 0 aromatic heterocycles. The third kappa shape index (κ3) is 1.24. The number of alkyl halides is 2. The van der Waals surface area contributed by atoms with Crippen molar-refractivity contribution in [3.05, 3.63) is 0 Å². The van der Waals surface area contributed by atoms with Crippen molar-refractivity contribution in [3.63, 3.8) is 0 Å². The molecule has 2 saturated carbocycles. The van der Waals surface area contributed by atoms with E-state index >= 15 is 0 Å². The van der Waals surface area contributed by atoms with Crippen LogP contribution in [0.3, 0.4) is 0 Å². The summed E-state index contributed by atoms with van der Waals surface area (Å²) in [6.07, 6.45) is -0.612. The van der Waals surface area contributed by atoms with Crippen LogP contribution in [-0.2, 0) is 28.5 Å². The van der Waals surface area contributed by atoms with Crippen LogP contribution in [-0.4, -0.2) is 56.3 Å². The summed E-state index contributed by atoms with van der Waals surface area (Å²) in [7, 11) is 0. The first-order chi connectivity index (χ1) is 11.2. The highest BCUT2D eigenvalue weighted by Crippen LogP contribution is 2.82. The number of halogens is 2. The molecule has 3 heterocycles. The lowest BCUT2D eigenvalue weighted by atomic mass is 9.53. The Kier molecular flexibility index (Phi) is 2.81. The number of fused-ring (bicyclic) bond motifs is 1. The highest BCUT2D eigenvalue weighted by molar-refractivity contribution is 14.1. The fourth-order valence-corrected chi connectivity index (χ4v) is 8.92. The molecule has 7 unspecified atom stereocenters. The molecule has 0 N–H and O–H groups in total. The fourth-order valence-electron chi connectivity index (χ4n) is 6.55. The van der Waals surface area contributed by atoms with E-state index in [0.29, 0.717) is 18.2 Å². The third-order valence-corrected chi connectivity index (χ3v) is 10.1. The summed E-state index contributed by atoms with van der Waals surface area (Å²) in [5.74, 6) is -0.436. The Bertz CT molecular complexity index is 685. The Morgan fingerprint density at radius 2 is 2.12 bits per heavy atom. The maximum atomic E-state index is 12.7. The van der Waals surface area contributed by atoms with Crippen molar-refractivity contribution in [1.29, 1.82) is 0 Å². The zero-order chi connectivity index (χ0) is 17.3. The Hall–Kier alpha value is 0.0700. The second-order valence-electron chi connectivity index (χ2n) is 8.20. The quantitative estimate of drug-likeness (QED) is 0.188. The number of carbonyl (C=O) groups is 2. The summed E-state index contributed by atoms with van der Waals surface area (Å²) in [6.45, 7) is 6.67. The van der Waals surface area contributed by atoms with Crippen LogP contribution in [0.15, 0.2) is 0 Å². The monoisotopic (exact) mass is 512 g/mol. The van der Waals surface area contributed by atoms with Crippen LogP contribution in [0.4, 0.5) is 0 Å². The first kappa shape index (κ1) is 16.3. The number of esters is 1. The molecule has 3 aliphatic heterocycles. The minimum absolute atomic E-state index is 0.103. The number of epoxide rings is 1. The second-order valence-corrected chi connectivity index (χ2v) is 11.0. The molecule has 132 valence electrons. The highest BCUT2D eigenvalue weighted by Gasteiger charge is 2.98. The van der Waals surface area contributed by atoms with Crippen LogP contribution in [0, 0.1) is 11.3 Å². The Balaban J connectivity index is 1.80. The molecule has 0 radical (unpaired) electrons. The minimum atomic E-state index is -0.947. The summed E-state index contributed by atoms with van der Waals surface area (Å²) in [6, 6.07) is 0. The first-order valence-corrected chi connectivity index (χ1v) is 10.3. The summed E-state index contributed by atoms with van der Waals surface area (Å²) in [5, 5.41) is 0.610. The van der Waals surface area contributed by atoms with E-state index in [-0.39, 0.29) is 21.4 Å². The fraction of sp³-hybridized carbons (Fsp3) is 0.875. The van der Waals surface area contributed by atoms with Gasteiger partial charge in [0.15, 0.2) is 6.10 Å². The van der Waals surface area contributed by atoms with Gasteiger partial charge in [0.05, 0.1) is 20.0 Å². The Morgan fingerprint density at radius 1 is 1.42 bits per heavy atom. The van der Waals surface area contributed by atoms with Crippen molar-refractivity contribution in [3.8, 4) is 0 Å². The molecule has 24 heavy (non-hydrogen) atoms. The third-order valence-electron chi connectivity index (χ3n) is 7.46. The zero-order valence-electron chi connectivity index (χ0n) is 13.5. The van der Waals surface area contributed by atoms with E-state index < -0.39 is 34.4 Å². The molecular formula is C16H18BrIO6. The van der Waals surface area contributed by atoms with Crippen molar-refractivity contribution in [2.24, 2.45) is 11.3 Å². The van der Waals surface area contributed by atoms with Gasteiger partial charge in [0.1, 0.15) is 12.2 Å². The standard InChI is InChI=1S/C16H18BrIO6/c1-12(5-17)9-8(21-6-19)10-13(2)15(24-12,14(9,3)18)4-7-16(13,23-7)11(20)22-10/h6-10H,4-5H2,1-3H3/t7-,8?,9?,10?,12?,13?,14?,15?,16+/m1/s1. The van der Waals surface area contributed by atoms with Crippen LogP contribution < -0.4 is 0 Å². The molecule has 2 aliphatic carbocycles. The maximum Gasteiger partial charge on any atom is 0.342 e. The number of rotatable bonds is 3. The van der Waals surface area contributed by atoms with Crippen molar-refractivity contribution in [1.82, 2.24) is 0 Å². The largest absolute Gasteiger partial charge is 0.460 e. The lowest BCUT2D eigenvalue weighted by Gasteiger charge is -2.56. The van der Waals surface area contributed by atoms with Gasteiger partial charge in [0.2, 0.25) is 5.60 Å². The van der Waals surface area contributed by atoms with E-state index in [2.05, 4.69) is 45.4 Å². The Labute approximate surface area is 161 Å². The summed E-state index contributed by atoms with van der Waals surface area (Å²) in [4.78, 5) is 23.9. The number of ether oxygens (including phenoxy) is 4. The molecule has 8 heteroatoms. The predicted molar refractivity (Wildman–Crippen MR) is 93.1 cm³/mol. The van der Waals surface area contributed by atoms with Crippen molar-refractivity contribution in [2.45, 2.75) is 65.7 Å². The highest BCUT2D eigenvalue weighted by atomic mass is 127. The summed E-state index contributed by atoms with van der Waals surface area (Å²) < 4.78 is 23.6. The topological polar surface area (TPSA) is 74.4 Å². The first-order valence-electron chi connectivity index (χ1n) is 8.09. The van der Waals surface area contributed by atoms with E-state index in [4.69, 9.17) is 18.9 Å². The molecule has 9 atom stereocenters. The summed E-state index contributed by atoms with van der Waals surface area (Å²) >= 11 is 6.03. The zero-order valence-corrected chi connectivity index (χ0v) is 17.2. The normalized spacial score (nSPS) is 65.1. The molecule has 3 saturated heterocycles. The van der Waals surface area contributed by atoms with E-state index in [0.717, 1.165) is 0 Å². The van der Waals surface area contributed by atoms with Crippen LogP contribution in [0.1, 0.15) is 27.2 Å². The average Bonchev–Trinajstić information content (AvgIpc) is 3.08. The Morgan fingerprint density at radius 3 is 2.75 bits per heavy atom. The van der Waals surface area contributed by atoms with E-state index in [1.807, 2.05) is 13.8 Å². The van der Waals surface area contributed by atoms with Crippen molar-refractivity contribution >= 4 is 51.0 Å². The van der Waals surface area contributed by atoms with Gasteiger partial charge in [-0.1, -0.05) is 38.5 Å². The minimum Gasteiger partial charge on any atom is -0.460 e. The van der Waals surface area contributed by atoms with Gasteiger partial charge in [-0.25, -0.2) is 4.79 Å². The van der Waals surface area contributed by atoms with Gasteiger partial charge in [-0.3, -0.25) is 4.79 Å². The number of hydrogen-bond donors (Lipinski definition) is 0. The predicted octanol–water partition coefficient (Wildman–Crippen LogP) is 1.75. The molecule has 0 aromatic carbocycles. The number of carbonyl (C=O) groups excluding carboxylic acids is 2.